The molecule has 0 radical (unpaired) electrons. The number of amides is 6. The number of unbranched alkanes of at least 4 members (excludes halogenated alkanes) is 6. The number of benzene rings is 2. The molecule has 14 heteroatoms. The van der Waals surface area contributed by atoms with E-state index in [0.29, 0.717) is 43.9 Å². The van der Waals surface area contributed by atoms with Gasteiger partial charge in [-0.05, 0) is 98.7 Å². The highest BCUT2D eigenvalue weighted by atomic mass is 16.5. The highest BCUT2D eigenvalue weighted by Gasteiger charge is 2.27. The zero-order valence-electron chi connectivity index (χ0n) is 34.9. The fraction of sp³-hybridized carbons (Fsp3) is 0.489. The number of carbonyl (C=O) groups excluding carboxylic acids is 6. The van der Waals surface area contributed by atoms with Crippen molar-refractivity contribution in [3.63, 3.8) is 0 Å². The van der Waals surface area contributed by atoms with Crippen molar-refractivity contribution in [1.29, 1.82) is 0 Å². The Morgan fingerprint density at radius 2 is 1.49 bits per heavy atom. The third kappa shape index (κ3) is 14.8. The predicted octanol–water partition coefficient (Wildman–Crippen LogP) is 6.26. The number of hydrogen-bond acceptors (Lipinski definition) is 9. The Labute approximate surface area is 347 Å². The summed E-state index contributed by atoms with van der Waals surface area (Å²) in [7, 11) is 0. The molecule has 1 aromatic heterocycles. The number of fused-ring (bicyclic) bond motifs is 1. The Kier molecular flexibility index (Phi) is 18.3. The number of rotatable bonds is 24. The summed E-state index contributed by atoms with van der Waals surface area (Å²) in [6.45, 7) is 8.22. The van der Waals surface area contributed by atoms with E-state index >= 15 is 0 Å². The Morgan fingerprint density at radius 1 is 0.797 bits per heavy atom. The Hall–Kier alpha value is -5.79. The van der Waals surface area contributed by atoms with Crippen molar-refractivity contribution in [2.45, 2.75) is 123 Å². The minimum absolute atomic E-state index is 0.0627. The van der Waals surface area contributed by atoms with Gasteiger partial charge in [-0.3, -0.25) is 28.9 Å². The Bertz CT molecular complexity index is 1930. The smallest absolute Gasteiger partial charge is 0.407 e. The standard InChI is InChI=1S/C45H61N7O7/c1-5-6-9-16-34-28-36-33(17-14-18-37(36)50-42(34)46)15-10-7-12-26-47-45(58)59-29-32-20-22-35(23-21-32)49-43(56)31(4)48-44(57)41(30(2)3)51-38(53)19-11-8-13-27-52-39(54)24-25-40(52)55/h14,17-18,20-25,28,30-31,41H,5-13,15-16,19,26-27,29H2,1-4H3,(H2,46,50)(H,47,58)(H,48,57)(H,49,56)(H,51,53)/t31-,41-/m0/s1. The molecule has 0 unspecified atom stereocenters. The number of ether oxygens (including phenoxy) is 1. The van der Waals surface area contributed by atoms with Gasteiger partial charge in [0.1, 0.15) is 24.5 Å². The largest absolute Gasteiger partial charge is 0.445 e. The molecule has 59 heavy (non-hydrogen) atoms. The monoisotopic (exact) mass is 811 g/mol. The van der Waals surface area contributed by atoms with Gasteiger partial charge in [-0.1, -0.05) is 70.7 Å². The lowest BCUT2D eigenvalue weighted by Gasteiger charge is -2.24. The molecule has 1 aliphatic heterocycles. The molecule has 0 aliphatic carbocycles. The predicted molar refractivity (Wildman–Crippen MR) is 229 cm³/mol. The minimum atomic E-state index is -0.887. The number of nitrogens with two attached hydrogens (primary N) is 1. The highest BCUT2D eigenvalue weighted by molar-refractivity contribution is 6.12. The quantitative estimate of drug-likeness (QED) is 0.0512. The molecule has 1 aliphatic rings. The highest BCUT2D eigenvalue weighted by Crippen LogP contribution is 2.25. The van der Waals surface area contributed by atoms with Gasteiger partial charge in [0.05, 0.1) is 5.52 Å². The van der Waals surface area contributed by atoms with Crippen molar-refractivity contribution >= 4 is 58.0 Å². The number of aryl methyl sites for hydroxylation is 2. The fourth-order valence-electron chi connectivity index (χ4n) is 6.77. The molecule has 2 heterocycles. The number of nitrogens with zero attached hydrogens (tertiary/aromatic N) is 2. The summed E-state index contributed by atoms with van der Waals surface area (Å²) in [6.07, 6.45) is 12.0. The van der Waals surface area contributed by atoms with Gasteiger partial charge in [0.25, 0.3) is 11.8 Å². The molecule has 2 aromatic carbocycles. The van der Waals surface area contributed by atoms with Gasteiger partial charge in [-0.15, -0.1) is 0 Å². The van der Waals surface area contributed by atoms with Crippen molar-refractivity contribution in [3.05, 3.63) is 77.4 Å². The van der Waals surface area contributed by atoms with Crippen LogP contribution in [0.25, 0.3) is 10.9 Å². The van der Waals surface area contributed by atoms with Gasteiger partial charge < -0.3 is 31.7 Å². The molecule has 3 aromatic rings. The van der Waals surface area contributed by atoms with Crippen LogP contribution in [0.5, 0.6) is 0 Å². The molecule has 0 fully saturated rings. The fourth-order valence-corrected chi connectivity index (χ4v) is 6.77. The second kappa shape index (κ2) is 23.6. The lowest BCUT2D eigenvalue weighted by atomic mass is 9.99. The molecule has 6 N–H and O–H groups in total. The molecule has 2 atom stereocenters. The maximum atomic E-state index is 13.1. The van der Waals surface area contributed by atoms with E-state index in [1.165, 1.54) is 29.0 Å². The normalized spacial score (nSPS) is 13.4. The minimum Gasteiger partial charge on any atom is -0.445 e. The van der Waals surface area contributed by atoms with Crippen molar-refractivity contribution in [1.82, 2.24) is 25.8 Å². The molecule has 4 rings (SSSR count). The Balaban J connectivity index is 1.09. The first-order valence-electron chi connectivity index (χ1n) is 21.0. The topological polar surface area (TPSA) is 202 Å². The van der Waals surface area contributed by atoms with E-state index in [0.717, 1.165) is 67.0 Å². The van der Waals surface area contributed by atoms with Crippen molar-refractivity contribution in [2.75, 3.05) is 24.1 Å². The van der Waals surface area contributed by atoms with E-state index < -0.39 is 30.0 Å². The number of pyridine rings is 1. The number of hydrogen-bond donors (Lipinski definition) is 5. The van der Waals surface area contributed by atoms with Gasteiger partial charge in [0, 0.05) is 42.7 Å². The summed E-state index contributed by atoms with van der Waals surface area (Å²) in [4.78, 5) is 80.1. The van der Waals surface area contributed by atoms with Crippen LogP contribution < -0.4 is 27.0 Å². The second-order valence-corrected chi connectivity index (χ2v) is 15.5. The SMILES string of the molecule is CCCCCc1cc2c(CCCCCNC(=O)OCc3ccc(NC(=O)[C@H](C)NC(=O)[C@@H](NC(=O)CCCCCN4C(=O)C=CC4=O)C(C)C)cc3)cccc2nc1N. The number of alkyl carbamates (subject to hydrolysis) is 1. The van der Waals surface area contributed by atoms with Crippen molar-refractivity contribution in [3.8, 4) is 0 Å². The number of anilines is 2. The lowest BCUT2D eigenvalue weighted by Crippen LogP contribution is -2.53. The molecular weight excluding hydrogens is 751 g/mol. The molecule has 6 amide bonds. The first-order chi connectivity index (χ1) is 28.4. The number of aromatic nitrogens is 1. The number of imide groups is 1. The van der Waals surface area contributed by atoms with Crippen molar-refractivity contribution in [2.24, 2.45) is 5.92 Å². The summed E-state index contributed by atoms with van der Waals surface area (Å²) >= 11 is 0. The number of carbonyl (C=O) groups is 6. The first kappa shape index (κ1) is 45.9. The molecule has 0 spiro atoms. The summed E-state index contributed by atoms with van der Waals surface area (Å²) in [5.74, 6) is -1.48. The molecule has 318 valence electrons. The van der Waals surface area contributed by atoms with Gasteiger partial charge in [-0.25, -0.2) is 9.78 Å². The van der Waals surface area contributed by atoms with E-state index in [2.05, 4.69) is 45.3 Å². The van der Waals surface area contributed by atoms with Gasteiger partial charge in [-0.2, -0.15) is 0 Å². The first-order valence-corrected chi connectivity index (χ1v) is 21.0. The molecule has 0 saturated carbocycles. The van der Waals surface area contributed by atoms with E-state index in [9.17, 15) is 28.8 Å². The average Bonchev–Trinajstić information content (AvgIpc) is 3.53. The molecule has 14 nitrogen and oxygen atoms in total. The number of nitrogens with one attached hydrogen (secondary N) is 4. The molecular formula is C45H61N7O7. The van der Waals surface area contributed by atoms with Gasteiger partial charge in [0.2, 0.25) is 17.7 Å². The summed E-state index contributed by atoms with van der Waals surface area (Å²) < 4.78 is 5.38. The van der Waals surface area contributed by atoms with E-state index in [-0.39, 0.29) is 36.7 Å². The summed E-state index contributed by atoms with van der Waals surface area (Å²) in [5, 5.41) is 12.2. The van der Waals surface area contributed by atoms with Crippen LogP contribution in [0.1, 0.15) is 109 Å². The summed E-state index contributed by atoms with van der Waals surface area (Å²) in [6, 6.07) is 13.5. The van der Waals surface area contributed by atoms with E-state index in [4.69, 9.17) is 10.5 Å². The van der Waals surface area contributed by atoms with Crippen LogP contribution in [-0.2, 0) is 48.2 Å². The van der Waals surface area contributed by atoms with E-state index in [1.807, 2.05) is 12.1 Å². The number of nitrogen functional groups attached to an aromatic ring is 1. The van der Waals surface area contributed by atoms with Crippen LogP contribution in [0.15, 0.2) is 60.7 Å². The molecule has 0 saturated heterocycles. The molecule has 0 bridgehead atoms. The third-order valence-electron chi connectivity index (χ3n) is 10.3. The second-order valence-electron chi connectivity index (χ2n) is 15.5. The van der Waals surface area contributed by atoms with Crippen LogP contribution in [0.2, 0.25) is 0 Å². The van der Waals surface area contributed by atoms with Gasteiger partial charge in [0.15, 0.2) is 0 Å². The van der Waals surface area contributed by atoms with Crippen LogP contribution in [0, 0.1) is 5.92 Å². The summed E-state index contributed by atoms with van der Waals surface area (Å²) in [5.41, 5.74) is 10.8. The zero-order valence-corrected chi connectivity index (χ0v) is 34.9. The van der Waals surface area contributed by atoms with Crippen LogP contribution in [0.4, 0.5) is 16.3 Å². The average molecular weight is 812 g/mol. The van der Waals surface area contributed by atoms with Crippen LogP contribution in [-0.4, -0.2) is 70.7 Å². The van der Waals surface area contributed by atoms with Crippen LogP contribution in [0.3, 0.4) is 0 Å². The van der Waals surface area contributed by atoms with Gasteiger partial charge >= 0.3 is 6.09 Å². The lowest BCUT2D eigenvalue weighted by molar-refractivity contribution is -0.137. The zero-order chi connectivity index (χ0) is 42.7. The van der Waals surface area contributed by atoms with E-state index in [1.54, 1.807) is 45.0 Å². The Morgan fingerprint density at radius 3 is 2.20 bits per heavy atom. The van der Waals surface area contributed by atoms with Crippen LogP contribution >= 0.6 is 0 Å². The van der Waals surface area contributed by atoms with Crippen molar-refractivity contribution < 1.29 is 33.5 Å². The maximum absolute atomic E-state index is 13.1. The maximum Gasteiger partial charge on any atom is 0.407 e. The third-order valence-corrected chi connectivity index (χ3v) is 10.3.